The second kappa shape index (κ2) is 6.69. The highest BCUT2D eigenvalue weighted by Gasteiger charge is 2.30. The summed E-state index contributed by atoms with van der Waals surface area (Å²) in [5.41, 5.74) is 0. The fraction of sp³-hybridized carbons (Fsp3) is 0.714. The zero-order chi connectivity index (χ0) is 15.4. The van der Waals surface area contributed by atoms with E-state index in [1.165, 1.54) is 0 Å². The summed E-state index contributed by atoms with van der Waals surface area (Å²) in [6.45, 7) is 5.33. The number of nitrogens with one attached hydrogen (secondary N) is 1. The molecule has 1 aromatic rings. The Balaban J connectivity index is 1.70. The Hall–Kier alpha value is -1.92. The van der Waals surface area contributed by atoms with E-state index < -0.39 is 0 Å². The van der Waals surface area contributed by atoms with Crippen LogP contribution in [0, 0.1) is 5.92 Å². The molecule has 0 aliphatic carbocycles. The summed E-state index contributed by atoms with van der Waals surface area (Å²) in [7, 11) is 1.86. The fourth-order valence-corrected chi connectivity index (χ4v) is 2.55. The van der Waals surface area contributed by atoms with Crippen LogP contribution in [0.5, 0.6) is 0 Å². The molecular weight excluding hydrogens is 270 g/mol. The van der Waals surface area contributed by atoms with Gasteiger partial charge in [-0.3, -0.25) is 9.59 Å². The summed E-state index contributed by atoms with van der Waals surface area (Å²) in [5, 5.41) is 10.6. The van der Waals surface area contributed by atoms with Gasteiger partial charge in [0.15, 0.2) is 0 Å². The summed E-state index contributed by atoms with van der Waals surface area (Å²) in [6, 6.07) is 0.231. The second-order valence-corrected chi connectivity index (χ2v) is 5.87. The Morgan fingerprint density at radius 2 is 2.29 bits per heavy atom. The molecule has 1 fully saturated rings. The van der Waals surface area contributed by atoms with Crippen molar-refractivity contribution in [3.05, 3.63) is 12.2 Å². The van der Waals surface area contributed by atoms with Crippen molar-refractivity contribution >= 4 is 11.8 Å². The summed E-state index contributed by atoms with van der Waals surface area (Å²) in [5.74, 6) is 1.20. The van der Waals surface area contributed by atoms with E-state index in [2.05, 4.69) is 15.5 Å². The lowest BCUT2D eigenvalue weighted by atomic mass is 10.1. The molecule has 0 bridgehead atoms. The summed E-state index contributed by atoms with van der Waals surface area (Å²) in [6.07, 6.45) is 3.12. The molecule has 7 heteroatoms. The SMILES string of the molecule is CC(C)N1CC(CNC(=O)CCc2nncn2C)CC1=O. The van der Waals surface area contributed by atoms with Gasteiger partial charge in [0.1, 0.15) is 12.2 Å². The van der Waals surface area contributed by atoms with Crippen LogP contribution >= 0.6 is 0 Å². The van der Waals surface area contributed by atoms with Crippen LogP contribution in [0.2, 0.25) is 0 Å². The Kier molecular flexibility index (Phi) is 4.93. The van der Waals surface area contributed by atoms with Crippen LogP contribution in [0.15, 0.2) is 6.33 Å². The number of likely N-dealkylation sites (tertiary alicyclic amines) is 1. The molecular formula is C14H23N5O2. The number of hydrogen-bond acceptors (Lipinski definition) is 4. The lowest BCUT2D eigenvalue weighted by Crippen LogP contribution is -2.34. The first-order valence-corrected chi connectivity index (χ1v) is 7.36. The van der Waals surface area contributed by atoms with Crippen molar-refractivity contribution in [3.8, 4) is 0 Å². The molecule has 7 nitrogen and oxygen atoms in total. The van der Waals surface area contributed by atoms with Crippen LogP contribution in [0.3, 0.4) is 0 Å². The summed E-state index contributed by atoms with van der Waals surface area (Å²) >= 11 is 0. The quantitative estimate of drug-likeness (QED) is 0.808. The molecule has 0 aromatic carbocycles. The summed E-state index contributed by atoms with van der Waals surface area (Å²) in [4.78, 5) is 25.5. The van der Waals surface area contributed by atoms with Crippen LogP contribution in [0.25, 0.3) is 0 Å². The average molecular weight is 293 g/mol. The highest BCUT2D eigenvalue weighted by atomic mass is 16.2. The molecule has 1 saturated heterocycles. The first-order chi connectivity index (χ1) is 9.97. The van der Waals surface area contributed by atoms with Gasteiger partial charge in [0.2, 0.25) is 11.8 Å². The van der Waals surface area contributed by atoms with Gasteiger partial charge in [-0.15, -0.1) is 10.2 Å². The molecule has 1 atom stereocenters. The zero-order valence-corrected chi connectivity index (χ0v) is 12.9. The van der Waals surface area contributed by atoms with Crippen LogP contribution < -0.4 is 5.32 Å². The van der Waals surface area contributed by atoms with Crippen LogP contribution in [-0.4, -0.2) is 50.6 Å². The predicted octanol–water partition coefficient (Wildman–Crippen LogP) is 0.121. The molecule has 0 spiro atoms. The third-order valence-corrected chi connectivity index (χ3v) is 3.83. The maximum atomic E-state index is 11.8. The number of rotatable bonds is 6. The number of aromatic nitrogens is 3. The lowest BCUT2D eigenvalue weighted by molar-refractivity contribution is -0.129. The highest BCUT2D eigenvalue weighted by Crippen LogP contribution is 2.19. The minimum atomic E-state index is -0.00607. The van der Waals surface area contributed by atoms with Gasteiger partial charge in [-0.05, 0) is 13.8 Å². The predicted molar refractivity (Wildman–Crippen MR) is 77.3 cm³/mol. The highest BCUT2D eigenvalue weighted by molar-refractivity contribution is 5.79. The van der Waals surface area contributed by atoms with Crippen LogP contribution in [-0.2, 0) is 23.1 Å². The number of nitrogens with zero attached hydrogens (tertiary/aromatic N) is 4. The van der Waals surface area contributed by atoms with Crippen LogP contribution in [0.1, 0.15) is 32.5 Å². The lowest BCUT2D eigenvalue weighted by Gasteiger charge is -2.21. The maximum absolute atomic E-state index is 11.8. The third-order valence-electron chi connectivity index (χ3n) is 3.83. The molecule has 1 aliphatic heterocycles. The molecule has 2 rings (SSSR count). The van der Waals surface area contributed by atoms with E-state index in [0.717, 1.165) is 12.4 Å². The van der Waals surface area contributed by atoms with E-state index in [1.807, 2.05) is 30.4 Å². The van der Waals surface area contributed by atoms with Gasteiger partial charge in [-0.25, -0.2) is 0 Å². The minimum Gasteiger partial charge on any atom is -0.356 e. The van der Waals surface area contributed by atoms with E-state index in [9.17, 15) is 9.59 Å². The van der Waals surface area contributed by atoms with Gasteiger partial charge in [0, 0.05) is 51.4 Å². The van der Waals surface area contributed by atoms with Gasteiger partial charge < -0.3 is 14.8 Å². The van der Waals surface area contributed by atoms with Crippen molar-refractivity contribution in [3.63, 3.8) is 0 Å². The first-order valence-electron chi connectivity index (χ1n) is 7.36. The number of aryl methyl sites for hydroxylation is 2. The van der Waals surface area contributed by atoms with Crippen molar-refractivity contribution in [2.24, 2.45) is 13.0 Å². The van der Waals surface area contributed by atoms with Gasteiger partial charge in [-0.1, -0.05) is 0 Å². The molecule has 2 amide bonds. The van der Waals surface area contributed by atoms with E-state index >= 15 is 0 Å². The molecule has 116 valence electrons. The van der Waals surface area contributed by atoms with Crippen molar-refractivity contribution in [1.82, 2.24) is 25.0 Å². The van der Waals surface area contributed by atoms with Crippen LogP contribution in [0.4, 0.5) is 0 Å². The standard InChI is InChI=1S/C14H23N5O2/c1-10(2)19-8-11(6-14(19)21)7-15-13(20)5-4-12-17-16-9-18(12)3/h9-11H,4-8H2,1-3H3,(H,15,20). The molecule has 1 aliphatic rings. The topological polar surface area (TPSA) is 80.1 Å². The molecule has 2 heterocycles. The molecule has 21 heavy (non-hydrogen) atoms. The number of carbonyl (C=O) groups excluding carboxylic acids is 2. The fourth-order valence-electron chi connectivity index (χ4n) is 2.55. The molecule has 0 saturated carbocycles. The van der Waals surface area contributed by atoms with Crippen molar-refractivity contribution in [2.75, 3.05) is 13.1 Å². The van der Waals surface area contributed by atoms with Gasteiger partial charge in [0.05, 0.1) is 0 Å². The Morgan fingerprint density at radius 3 is 2.86 bits per heavy atom. The normalized spacial score (nSPS) is 18.6. The van der Waals surface area contributed by atoms with E-state index in [0.29, 0.717) is 25.8 Å². The average Bonchev–Trinajstić information content (AvgIpc) is 3.00. The first kappa shape index (κ1) is 15.5. The number of carbonyl (C=O) groups is 2. The smallest absolute Gasteiger partial charge is 0.223 e. The molecule has 1 aromatic heterocycles. The molecule has 1 N–H and O–H groups in total. The third kappa shape index (κ3) is 4.03. The monoisotopic (exact) mass is 293 g/mol. The van der Waals surface area contributed by atoms with E-state index in [4.69, 9.17) is 0 Å². The second-order valence-electron chi connectivity index (χ2n) is 5.87. The minimum absolute atomic E-state index is 0.00607. The largest absolute Gasteiger partial charge is 0.356 e. The zero-order valence-electron chi connectivity index (χ0n) is 12.9. The number of hydrogen-bond donors (Lipinski definition) is 1. The number of amides is 2. The van der Waals surface area contributed by atoms with E-state index in [-0.39, 0.29) is 23.8 Å². The van der Waals surface area contributed by atoms with Gasteiger partial charge >= 0.3 is 0 Å². The van der Waals surface area contributed by atoms with Crippen molar-refractivity contribution < 1.29 is 9.59 Å². The van der Waals surface area contributed by atoms with Crippen molar-refractivity contribution in [2.45, 2.75) is 39.2 Å². The Morgan fingerprint density at radius 1 is 1.52 bits per heavy atom. The Bertz CT molecular complexity index is 511. The molecule has 0 radical (unpaired) electrons. The van der Waals surface area contributed by atoms with Gasteiger partial charge in [-0.2, -0.15) is 0 Å². The maximum Gasteiger partial charge on any atom is 0.223 e. The Labute approximate surface area is 124 Å². The van der Waals surface area contributed by atoms with E-state index in [1.54, 1.807) is 6.33 Å². The van der Waals surface area contributed by atoms with Gasteiger partial charge in [0.25, 0.3) is 0 Å². The van der Waals surface area contributed by atoms with Crippen molar-refractivity contribution in [1.29, 1.82) is 0 Å². The summed E-state index contributed by atoms with van der Waals surface area (Å²) < 4.78 is 1.81. The molecule has 1 unspecified atom stereocenters.